The molecule has 0 N–H and O–H groups in total. The molecule has 0 atom stereocenters. The van der Waals surface area contributed by atoms with Crippen LogP contribution in [-0.2, 0) is 11.3 Å². The third kappa shape index (κ3) is 1.98. The van der Waals surface area contributed by atoms with Gasteiger partial charge in [0.2, 0.25) is 0 Å². The Morgan fingerprint density at radius 1 is 1.38 bits per heavy atom. The Morgan fingerprint density at radius 2 is 2.06 bits per heavy atom. The number of fused-ring (bicyclic) bond motifs is 1. The van der Waals surface area contributed by atoms with Crippen LogP contribution in [0.15, 0.2) is 22.8 Å². The molecule has 2 rings (SSSR count). The molecule has 0 radical (unpaired) electrons. The summed E-state index contributed by atoms with van der Waals surface area (Å²) in [5, 5.41) is 0. The number of hydrogen-bond donors (Lipinski definition) is 0. The summed E-state index contributed by atoms with van der Waals surface area (Å²) in [6.07, 6.45) is 2.01. The highest BCUT2D eigenvalue weighted by atomic mass is 79.9. The van der Waals surface area contributed by atoms with E-state index in [0.717, 1.165) is 21.5 Å². The number of pyridine rings is 1. The van der Waals surface area contributed by atoms with E-state index in [0.29, 0.717) is 5.88 Å². The number of alkyl halides is 1. The SMILES string of the molecule is CC(C)(C)c1nc2ccc(Br)cn2c1CCl. The van der Waals surface area contributed by atoms with Gasteiger partial charge in [0.1, 0.15) is 5.65 Å². The molecular weight excluding hydrogens is 288 g/mol. The molecule has 16 heavy (non-hydrogen) atoms. The molecule has 86 valence electrons. The van der Waals surface area contributed by atoms with Crippen LogP contribution in [0, 0.1) is 0 Å². The fourth-order valence-corrected chi connectivity index (χ4v) is 2.39. The van der Waals surface area contributed by atoms with Crippen molar-refractivity contribution >= 4 is 33.2 Å². The maximum atomic E-state index is 6.03. The van der Waals surface area contributed by atoms with E-state index in [-0.39, 0.29) is 5.41 Å². The van der Waals surface area contributed by atoms with E-state index >= 15 is 0 Å². The molecule has 2 heterocycles. The van der Waals surface area contributed by atoms with Crippen LogP contribution in [0.25, 0.3) is 5.65 Å². The maximum Gasteiger partial charge on any atom is 0.137 e. The topological polar surface area (TPSA) is 17.3 Å². The van der Waals surface area contributed by atoms with Crippen molar-refractivity contribution < 1.29 is 0 Å². The first-order valence-electron chi connectivity index (χ1n) is 5.16. The predicted molar refractivity (Wildman–Crippen MR) is 71.1 cm³/mol. The van der Waals surface area contributed by atoms with Gasteiger partial charge in [-0.1, -0.05) is 20.8 Å². The number of aromatic nitrogens is 2. The summed E-state index contributed by atoms with van der Waals surface area (Å²) in [6.45, 7) is 6.46. The van der Waals surface area contributed by atoms with Gasteiger partial charge in [0.05, 0.1) is 17.3 Å². The largest absolute Gasteiger partial charge is 0.301 e. The normalized spacial score (nSPS) is 12.3. The summed E-state index contributed by atoms with van der Waals surface area (Å²) in [5.41, 5.74) is 3.11. The predicted octanol–water partition coefficient (Wildman–Crippen LogP) is 4.13. The van der Waals surface area contributed by atoms with Gasteiger partial charge in [-0.2, -0.15) is 0 Å². The minimum atomic E-state index is 0.0166. The zero-order chi connectivity index (χ0) is 11.9. The Bertz CT molecular complexity index is 526. The maximum absolute atomic E-state index is 6.03. The Balaban J connectivity index is 2.77. The van der Waals surface area contributed by atoms with Gasteiger partial charge in [-0.05, 0) is 28.1 Å². The Labute approximate surface area is 109 Å². The van der Waals surface area contributed by atoms with Crippen molar-refractivity contribution in [3.8, 4) is 0 Å². The number of hydrogen-bond acceptors (Lipinski definition) is 1. The van der Waals surface area contributed by atoms with Crippen LogP contribution in [0.4, 0.5) is 0 Å². The fourth-order valence-electron chi connectivity index (χ4n) is 1.80. The molecule has 2 aromatic rings. The summed E-state index contributed by atoms with van der Waals surface area (Å²) in [6, 6.07) is 3.99. The molecule has 0 aliphatic carbocycles. The minimum absolute atomic E-state index is 0.0166. The van der Waals surface area contributed by atoms with Crippen molar-refractivity contribution in [1.29, 1.82) is 0 Å². The molecule has 0 aliphatic heterocycles. The molecule has 0 amide bonds. The van der Waals surface area contributed by atoms with E-state index < -0.39 is 0 Å². The Kier molecular flexibility index (Phi) is 3.01. The lowest BCUT2D eigenvalue weighted by Crippen LogP contribution is -2.14. The van der Waals surface area contributed by atoms with Crippen molar-refractivity contribution in [3.63, 3.8) is 0 Å². The molecule has 0 aliphatic rings. The van der Waals surface area contributed by atoms with Crippen molar-refractivity contribution in [2.45, 2.75) is 32.1 Å². The highest BCUT2D eigenvalue weighted by Gasteiger charge is 2.23. The molecular formula is C12H14BrClN2. The van der Waals surface area contributed by atoms with Crippen LogP contribution in [-0.4, -0.2) is 9.38 Å². The number of rotatable bonds is 1. The number of nitrogens with zero attached hydrogens (tertiary/aromatic N) is 2. The van der Waals surface area contributed by atoms with Crippen molar-refractivity contribution in [3.05, 3.63) is 34.2 Å². The van der Waals surface area contributed by atoms with Gasteiger partial charge in [-0.25, -0.2) is 4.98 Å². The first-order chi connectivity index (χ1) is 7.43. The molecule has 0 bridgehead atoms. The molecule has 0 unspecified atom stereocenters. The van der Waals surface area contributed by atoms with E-state index in [2.05, 4.69) is 46.1 Å². The van der Waals surface area contributed by atoms with Crippen LogP contribution in [0.5, 0.6) is 0 Å². The lowest BCUT2D eigenvalue weighted by atomic mass is 9.91. The quantitative estimate of drug-likeness (QED) is 0.724. The van der Waals surface area contributed by atoms with Crippen LogP contribution in [0.1, 0.15) is 32.2 Å². The molecule has 4 heteroatoms. The van der Waals surface area contributed by atoms with Crippen molar-refractivity contribution in [2.24, 2.45) is 0 Å². The van der Waals surface area contributed by atoms with E-state index in [4.69, 9.17) is 11.6 Å². The molecule has 0 fully saturated rings. The van der Waals surface area contributed by atoms with Gasteiger partial charge in [0, 0.05) is 16.1 Å². The number of halogens is 2. The van der Waals surface area contributed by atoms with Crippen LogP contribution in [0.2, 0.25) is 0 Å². The van der Waals surface area contributed by atoms with Gasteiger partial charge < -0.3 is 4.40 Å². The molecule has 0 spiro atoms. The lowest BCUT2D eigenvalue weighted by molar-refractivity contribution is 0.567. The highest BCUT2D eigenvalue weighted by molar-refractivity contribution is 9.10. The van der Waals surface area contributed by atoms with Gasteiger partial charge in [0.15, 0.2) is 0 Å². The second-order valence-electron chi connectivity index (χ2n) is 4.87. The van der Waals surface area contributed by atoms with Gasteiger partial charge in [0.25, 0.3) is 0 Å². The summed E-state index contributed by atoms with van der Waals surface area (Å²) in [7, 11) is 0. The minimum Gasteiger partial charge on any atom is -0.301 e. The van der Waals surface area contributed by atoms with Crippen LogP contribution >= 0.6 is 27.5 Å². The van der Waals surface area contributed by atoms with E-state index in [1.807, 2.05) is 18.3 Å². The van der Waals surface area contributed by atoms with Crippen molar-refractivity contribution in [2.75, 3.05) is 0 Å². The fraction of sp³-hybridized carbons (Fsp3) is 0.417. The molecule has 2 nitrogen and oxygen atoms in total. The summed E-state index contributed by atoms with van der Waals surface area (Å²) in [4.78, 5) is 4.65. The smallest absolute Gasteiger partial charge is 0.137 e. The monoisotopic (exact) mass is 300 g/mol. The summed E-state index contributed by atoms with van der Waals surface area (Å²) >= 11 is 9.50. The average molecular weight is 302 g/mol. The van der Waals surface area contributed by atoms with E-state index in [1.165, 1.54) is 0 Å². The second-order valence-corrected chi connectivity index (χ2v) is 6.05. The third-order valence-electron chi connectivity index (χ3n) is 2.52. The standard InChI is InChI=1S/C12H14BrClN2/c1-12(2,3)11-9(6-14)16-7-8(13)4-5-10(16)15-11/h4-5,7H,6H2,1-3H3. The van der Waals surface area contributed by atoms with E-state index in [9.17, 15) is 0 Å². The number of imidazole rings is 1. The van der Waals surface area contributed by atoms with Crippen LogP contribution < -0.4 is 0 Å². The summed E-state index contributed by atoms with van der Waals surface area (Å²) < 4.78 is 3.08. The molecule has 0 saturated heterocycles. The van der Waals surface area contributed by atoms with Gasteiger partial charge in [-0.3, -0.25) is 0 Å². The van der Waals surface area contributed by atoms with Crippen molar-refractivity contribution in [1.82, 2.24) is 9.38 Å². The lowest BCUT2D eigenvalue weighted by Gasteiger charge is -2.16. The van der Waals surface area contributed by atoms with E-state index in [1.54, 1.807) is 0 Å². The average Bonchev–Trinajstić information content (AvgIpc) is 2.54. The summed E-state index contributed by atoms with van der Waals surface area (Å²) in [5.74, 6) is 0.476. The molecule has 0 saturated carbocycles. The van der Waals surface area contributed by atoms with Gasteiger partial charge in [-0.15, -0.1) is 11.6 Å². The Morgan fingerprint density at radius 3 is 2.62 bits per heavy atom. The zero-order valence-electron chi connectivity index (χ0n) is 9.59. The van der Waals surface area contributed by atoms with Crippen LogP contribution in [0.3, 0.4) is 0 Å². The Hall–Kier alpha value is -0.540. The highest BCUT2D eigenvalue weighted by Crippen LogP contribution is 2.28. The first kappa shape index (κ1) is 11.9. The second kappa shape index (κ2) is 4.04. The van der Waals surface area contributed by atoms with Gasteiger partial charge >= 0.3 is 0 Å². The first-order valence-corrected chi connectivity index (χ1v) is 6.49. The molecule has 2 aromatic heterocycles. The third-order valence-corrected chi connectivity index (χ3v) is 3.24. The zero-order valence-corrected chi connectivity index (χ0v) is 11.9. The molecule has 0 aromatic carbocycles.